The number of benzene rings is 1. The molecule has 0 aliphatic rings. The van der Waals surface area contributed by atoms with Gasteiger partial charge in [-0.2, -0.15) is 0 Å². The Balaban J connectivity index is 0.000001000. The van der Waals surface area contributed by atoms with Crippen LogP contribution in [0.1, 0.15) is 5.56 Å². The molecule has 60 valence electrons. The molecule has 2 nitrogen and oxygen atoms in total. The number of hydrogen-bond acceptors (Lipinski definition) is 1. The van der Waals surface area contributed by atoms with Crippen LogP contribution in [0.4, 0.5) is 0 Å². The van der Waals surface area contributed by atoms with Gasteiger partial charge in [0.2, 0.25) is 0 Å². The highest BCUT2D eigenvalue weighted by Crippen LogP contribution is 1.99. The maximum atomic E-state index is 8.44. The first-order chi connectivity index (χ1) is 4.93. The molecule has 3 N–H and O–H groups in total. The molecule has 0 saturated carbocycles. The van der Waals surface area contributed by atoms with Crippen molar-refractivity contribution in [1.82, 2.24) is 0 Å². The van der Waals surface area contributed by atoms with E-state index in [0.717, 1.165) is 5.56 Å². The van der Waals surface area contributed by atoms with Crippen molar-refractivity contribution >= 4 is 6.08 Å². The lowest BCUT2D eigenvalue weighted by molar-refractivity contribution is 0.343. The maximum absolute atomic E-state index is 8.44. The number of aliphatic hydroxyl groups is 1. The Morgan fingerprint density at radius 2 is 1.82 bits per heavy atom. The molecular formula is C9H12O2. The van der Waals surface area contributed by atoms with E-state index >= 15 is 0 Å². The first kappa shape index (κ1) is 9.88. The van der Waals surface area contributed by atoms with Crippen LogP contribution in [-0.4, -0.2) is 17.2 Å². The third-order valence-electron chi connectivity index (χ3n) is 1.22. The molecule has 0 bridgehead atoms. The third kappa shape index (κ3) is 3.55. The summed E-state index contributed by atoms with van der Waals surface area (Å²) in [6, 6.07) is 9.89. The molecule has 0 unspecified atom stereocenters. The van der Waals surface area contributed by atoms with E-state index in [-0.39, 0.29) is 12.1 Å². The minimum absolute atomic E-state index is 0. The zero-order valence-corrected chi connectivity index (χ0v) is 6.20. The lowest BCUT2D eigenvalue weighted by atomic mass is 10.2. The summed E-state index contributed by atoms with van der Waals surface area (Å²) in [5.41, 5.74) is 1.12. The zero-order valence-electron chi connectivity index (χ0n) is 6.20. The van der Waals surface area contributed by atoms with Crippen molar-refractivity contribution in [2.45, 2.75) is 0 Å². The summed E-state index contributed by atoms with van der Waals surface area (Å²) in [4.78, 5) is 0. The monoisotopic (exact) mass is 152 g/mol. The Labute approximate surface area is 66.1 Å². The largest absolute Gasteiger partial charge is 0.412 e. The molecule has 0 aromatic heterocycles. The van der Waals surface area contributed by atoms with Gasteiger partial charge in [-0.1, -0.05) is 42.5 Å². The lowest BCUT2D eigenvalue weighted by Gasteiger charge is -1.88. The molecule has 0 saturated heterocycles. The fourth-order valence-electron chi connectivity index (χ4n) is 0.753. The Kier molecular flexibility index (Phi) is 5.07. The molecule has 0 amide bonds. The molecular weight excluding hydrogens is 140 g/mol. The topological polar surface area (TPSA) is 51.7 Å². The second-order valence-electron chi connectivity index (χ2n) is 2.00. The molecule has 1 aromatic rings. The first-order valence-corrected chi connectivity index (χ1v) is 3.26. The minimum Gasteiger partial charge on any atom is -0.412 e. The van der Waals surface area contributed by atoms with Gasteiger partial charge in [0.1, 0.15) is 0 Å². The van der Waals surface area contributed by atoms with Crippen molar-refractivity contribution in [2.75, 3.05) is 6.61 Å². The molecule has 1 aromatic carbocycles. The van der Waals surface area contributed by atoms with Crippen LogP contribution in [0.25, 0.3) is 6.08 Å². The van der Waals surface area contributed by atoms with Crippen molar-refractivity contribution < 1.29 is 10.6 Å². The van der Waals surface area contributed by atoms with E-state index in [4.69, 9.17) is 5.11 Å². The van der Waals surface area contributed by atoms with Gasteiger partial charge in [0.25, 0.3) is 0 Å². The van der Waals surface area contributed by atoms with Gasteiger partial charge in [-0.05, 0) is 5.56 Å². The molecule has 0 aliphatic heterocycles. The normalized spacial score (nSPS) is 9.55. The van der Waals surface area contributed by atoms with E-state index in [0.29, 0.717) is 0 Å². The van der Waals surface area contributed by atoms with E-state index in [1.54, 1.807) is 6.08 Å². The Bertz CT molecular complexity index is 204. The molecule has 1 rings (SSSR count). The highest BCUT2D eigenvalue weighted by molar-refractivity contribution is 5.48. The molecule has 0 radical (unpaired) electrons. The van der Waals surface area contributed by atoms with Crippen LogP contribution in [0.5, 0.6) is 0 Å². The Morgan fingerprint density at radius 3 is 2.36 bits per heavy atom. The summed E-state index contributed by atoms with van der Waals surface area (Å²) < 4.78 is 0. The minimum atomic E-state index is 0. The first-order valence-electron chi connectivity index (χ1n) is 3.26. The van der Waals surface area contributed by atoms with Crippen LogP contribution in [0.15, 0.2) is 36.4 Å². The highest BCUT2D eigenvalue weighted by atomic mass is 16.2. The standard InChI is InChI=1S/C9H10O.H2O/c10-8-4-7-9-5-2-1-3-6-9;/h1-7,10H,8H2;1H2. The quantitative estimate of drug-likeness (QED) is 0.671. The van der Waals surface area contributed by atoms with Gasteiger partial charge < -0.3 is 10.6 Å². The van der Waals surface area contributed by atoms with Crippen molar-refractivity contribution in [2.24, 2.45) is 0 Å². The van der Waals surface area contributed by atoms with Crippen LogP contribution in [0.2, 0.25) is 0 Å². The molecule has 0 spiro atoms. The molecule has 0 fully saturated rings. The fraction of sp³-hybridized carbons (Fsp3) is 0.111. The molecule has 0 atom stereocenters. The van der Waals surface area contributed by atoms with Crippen LogP contribution in [-0.2, 0) is 0 Å². The zero-order chi connectivity index (χ0) is 7.23. The molecule has 0 heterocycles. The van der Waals surface area contributed by atoms with Crippen LogP contribution in [0.3, 0.4) is 0 Å². The van der Waals surface area contributed by atoms with E-state index in [1.807, 2.05) is 36.4 Å². The second-order valence-corrected chi connectivity index (χ2v) is 2.00. The Hall–Kier alpha value is -1.12. The van der Waals surface area contributed by atoms with Crippen LogP contribution < -0.4 is 0 Å². The summed E-state index contributed by atoms with van der Waals surface area (Å²) in [6.45, 7) is 0.106. The average molecular weight is 152 g/mol. The lowest BCUT2D eigenvalue weighted by Crippen LogP contribution is -1.72. The molecule has 0 aliphatic carbocycles. The summed E-state index contributed by atoms with van der Waals surface area (Å²) in [5.74, 6) is 0. The van der Waals surface area contributed by atoms with Gasteiger partial charge in [-0.3, -0.25) is 0 Å². The average Bonchev–Trinajstić information content (AvgIpc) is 2.03. The number of hydrogen-bond donors (Lipinski definition) is 1. The predicted molar refractivity (Wildman–Crippen MR) is 46.2 cm³/mol. The van der Waals surface area contributed by atoms with Crippen molar-refractivity contribution in [3.05, 3.63) is 42.0 Å². The van der Waals surface area contributed by atoms with Crippen molar-refractivity contribution in [1.29, 1.82) is 0 Å². The highest BCUT2D eigenvalue weighted by Gasteiger charge is 1.79. The smallest absolute Gasteiger partial charge is 0.0615 e. The van der Waals surface area contributed by atoms with E-state index < -0.39 is 0 Å². The van der Waals surface area contributed by atoms with Crippen molar-refractivity contribution in [3.63, 3.8) is 0 Å². The number of rotatable bonds is 2. The summed E-state index contributed by atoms with van der Waals surface area (Å²) in [6.07, 6.45) is 3.61. The maximum Gasteiger partial charge on any atom is 0.0615 e. The third-order valence-corrected chi connectivity index (χ3v) is 1.22. The van der Waals surface area contributed by atoms with E-state index in [2.05, 4.69) is 0 Å². The second kappa shape index (κ2) is 5.65. The van der Waals surface area contributed by atoms with Gasteiger partial charge >= 0.3 is 0 Å². The SMILES string of the molecule is O.OCC=Cc1ccccc1. The summed E-state index contributed by atoms with van der Waals surface area (Å²) in [5, 5.41) is 8.44. The van der Waals surface area contributed by atoms with E-state index in [1.165, 1.54) is 0 Å². The van der Waals surface area contributed by atoms with Gasteiger partial charge in [0, 0.05) is 0 Å². The fourth-order valence-corrected chi connectivity index (χ4v) is 0.753. The van der Waals surface area contributed by atoms with E-state index in [9.17, 15) is 0 Å². The van der Waals surface area contributed by atoms with Gasteiger partial charge in [0.05, 0.1) is 6.61 Å². The summed E-state index contributed by atoms with van der Waals surface area (Å²) in [7, 11) is 0. The number of aliphatic hydroxyl groups excluding tert-OH is 1. The predicted octanol–water partition coefficient (Wildman–Crippen LogP) is 0.867. The van der Waals surface area contributed by atoms with Crippen LogP contribution >= 0.6 is 0 Å². The molecule has 11 heavy (non-hydrogen) atoms. The van der Waals surface area contributed by atoms with Crippen molar-refractivity contribution in [3.8, 4) is 0 Å². The summed E-state index contributed by atoms with van der Waals surface area (Å²) >= 11 is 0. The Morgan fingerprint density at radius 1 is 1.18 bits per heavy atom. The molecule has 2 heteroatoms. The van der Waals surface area contributed by atoms with Gasteiger partial charge in [-0.25, -0.2) is 0 Å². The van der Waals surface area contributed by atoms with Gasteiger partial charge in [0.15, 0.2) is 0 Å². The van der Waals surface area contributed by atoms with Gasteiger partial charge in [-0.15, -0.1) is 0 Å². The van der Waals surface area contributed by atoms with Crippen LogP contribution in [0, 0.1) is 0 Å².